The van der Waals surface area contributed by atoms with Gasteiger partial charge in [-0.25, -0.2) is 4.57 Å². The zero-order valence-corrected chi connectivity index (χ0v) is 6.95. The minimum atomic E-state index is 0.131. The summed E-state index contributed by atoms with van der Waals surface area (Å²) in [5.74, 6) is 0.131. The SMILES string of the molecule is Cn1c[n+](O)c2c1C(=O)CCC2. The summed E-state index contributed by atoms with van der Waals surface area (Å²) >= 11 is 0. The number of nitrogens with zero attached hydrogens (tertiary/aromatic N) is 2. The maximum atomic E-state index is 11.4. The number of aromatic nitrogens is 2. The monoisotopic (exact) mass is 167 g/mol. The van der Waals surface area contributed by atoms with Crippen molar-refractivity contribution in [2.75, 3.05) is 0 Å². The molecule has 2 rings (SSSR count). The number of hydrogen-bond donors (Lipinski definition) is 1. The van der Waals surface area contributed by atoms with Crippen LogP contribution in [-0.4, -0.2) is 15.6 Å². The molecule has 12 heavy (non-hydrogen) atoms. The molecular weight excluding hydrogens is 156 g/mol. The molecule has 1 aliphatic rings. The van der Waals surface area contributed by atoms with Gasteiger partial charge in [0.1, 0.15) is 0 Å². The molecule has 1 N–H and O–H groups in total. The summed E-state index contributed by atoms with van der Waals surface area (Å²) in [6.07, 6.45) is 3.76. The lowest BCUT2D eigenvalue weighted by Crippen LogP contribution is -2.34. The highest BCUT2D eigenvalue weighted by molar-refractivity contribution is 5.96. The standard InChI is InChI=1S/C8H11N2O2/c1-9-5-10(12)6-3-2-4-7(11)8(6)9/h5,12H,2-4H2,1H3/q+1. The van der Waals surface area contributed by atoms with E-state index < -0.39 is 0 Å². The highest BCUT2D eigenvalue weighted by Gasteiger charge is 2.30. The molecule has 0 spiro atoms. The summed E-state index contributed by atoms with van der Waals surface area (Å²) in [7, 11) is 1.77. The Kier molecular flexibility index (Phi) is 1.43. The molecule has 0 unspecified atom stereocenters. The van der Waals surface area contributed by atoms with Crippen molar-refractivity contribution in [2.24, 2.45) is 7.05 Å². The van der Waals surface area contributed by atoms with Crippen LogP contribution in [0.2, 0.25) is 0 Å². The second kappa shape index (κ2) is 2.33. The van der Waals surface area contributed by atoms with E-state index in [0.717, 1.165) is 23.3 Å². The summed E-state index contributed by atoms with van der Waals surface area (Å²) in [4.78, 5) is 11.4. The van der Waals surface area contributed by atoms with Crippen LogP contribution < -0.4 is 4.73 Å². The Morgan fingerprint density at radius 2 is 2.33 bits per heavy atom. The number of imidazole rings is 1. The van der Waals surface area contributed by atoms with Gasteiger partial charge in [-0.05, 0) is 6.42 Å². The van der Waals surface area contributed by atoms with Crippen LogP contribution in [0.1, 0.15) is 29.0 Å². The van der Waals surface area contributed by atoms with Gasteiger partial charge in [-0.15, -0.1) is 0 Å². The molecular formula is C8H11N2O2+. The lowest BCUT2D eigenvalue weighted by atomic mass is 10.00. The number of ketones is 1. The molecule has 1 aromatic rings. The van der Waals surface area contributed by atoms with E-state index in [-0.39, 0.29) is 5.78 Å². The second-order valence-electron chi connectivity index (χ2n) is 3.14. The third-order valence-corrected chi connectivity index (χ3v) is 2.27. The number of carbonyl (C=O) groups excluding carboxylic acids is 1. The number of fused-ring (bicyclic) bond motifs is 1. The van der Waals surface area contributed by atoms with Crippen LogP contribution in [0.25, 0.3) is 0 Å². The quantitative estimate of drug-likeness (QED) is 0.439. The Labute approximate surface area is 70.0 Å². The molecule has 0 atom stereocenters. The first-order valence-corrected chi connectivity index (χ1v) is 4.02. The zero-order chi connectivity index (χ0) is 8.72. The lowest BCUT2D eigenvalue weighted by Gasteiger charge is -2.05. The molecule has 0 amide bonds. The number of aryl methyl sites for hydroxylation is 1. The van der Waals surface area contributed by atoms with E-state index in [0.29, 0.717) is 12.1 Å². The van der Waals surface area contributed by atoms with Gasteiger partial charge in [0, 0.05) is 12.8 Å². The van der Waals surface area contributed by atoms with Crippen molar-refractivity contribution in [3.63, 3.8) is 0 Å². The summed E-state index contributed by atoms with van der Waals surface area (Å²) in [5.41, 5.74) is 1.40. The van der Waals surface area contributed by atoms with E-state index in [4.69, 9.17) is 0 Å². The maximum absolute atomic E-state index is 11.4. The van der Waals surface area contributed by atoms with Gasteiger partial charge >= 0.3 is 0 Å². The highest BCUT2D eigenvalue weighted by Crippen LogP contribution is 2.17. The number of rotatable bonds is 0. The van der Waals surface area contributed by atoms with Crippen molar-refractivity contribution in [1.82, 2.24) is 4.57 Å². The predicted octanol–water partition coefficient (Wildman–Crippen LogP) is 0.0689. The predicted molar refractivity (Wildman–Crippen MR) is 40.1 cm³/mol. The molecule has 4 nitrogen and oxygen atoms in total. The first-order chi connectivity index (χ1) is 5.70. The number of hydrogen-bond acceptors (Lipinski definition) is 2. The molecule has 0 radical (unpaired) electrons. The van der Waals surface area contributed by atoms with Gasteiger partial charge in [0.15, 0.2) is 5.69 Å². The minimum Gasteiger partial charge on any atom is -0.350 e. The van der Waals surface area contributed by atoms with Crippen molar-refractivity contribution in [1.29, 1.82) is 0 Å². The van der Waals surface area contributed by atoms with Crippen molar-refractivity contribution >= 4 is 5.78 Å². The topological polar surface area (TPSA) is 46.1 Å². The summed E-state index contributed by atoms with van der Waals surface area (Å²) in [5, 5.41) is 9.34. The van der Waals surface area contributed by atoms with Crippen LogP contribution in [0, 0.1) is 0 Å². The Hall–Kier alpha value is -1.32. The van der Waals surface area contributed by atoms with Crippen LogP contribution in [0.4, 0.5) is 0 Å². The van der Waals surface area contributed by atoms with Crippen LogP contribution in [0.3, 0.4) is 0 Å². The lowest BCUT2D eigenvalue weighted by molar-refractivity contribution is -0.909. The first-order valence-electron chi connectivity index (χ1n) is 4.02. The molecule has 1 aromatic heterocycles. The Morgan fingerprint density at radius 1 is 1.58 bits per heavy atom. The first kappa shape index (κ1) is 7.34. The molecule has 0 bridgehead atoms. The van der Waals surface area contributed by atoms with E-state index in [1.807, 2.05) is 0 Å². The number of carbonyl (C=O) groups is 1. The Bertz CT molecular complexity index is 341. The zero-order valence-electron chi connectivity index (χ0n) is 6.95. The van der Waals surface area contributed by atoms with E-state index >= 15 is 0 Å². The average Bonchev–Trinajstić information content (AvgIpc) is 2.29. The van der Waals surface area contributed by atoms with Gasteiger partial charge in [0.25, 0.3) is 6.33 Å². The van der Waals surface area contributed by atoms with Gasteiger partial charge in [0.05, 0.1) is 7.05 Å². The van der Waals surface area contributed by atoms with Crippen LogP contribution >= 0.6 is 0 Å². The maximum Gasteiger partial charge on any atom is 0.284 e. The van der Waals surface area contributed by atoms with E-state index in [1.165, 1.54) is 6.33 Å². The fourth-order valence-corrected chi connectivity index (χ4v) is 1.73. The van der Waals surface area contributed by atoms with E-state index in [9.17, 15) is 10.0 Å². The molecule has 1 aliphatic carbocycles. The number of Topliss-reactive ketones (excluding diaryl/α,β-unsaturated/α-hetero) is 1. The molecule has 1 heterocycles. The highest BCUT2D eigenvalue weighted by atomic mass is 16.5. The third kappa shape index (κ3) is 0.841. The molecule has 4 heteroatoms. The summed E-state index contributed by atoms with van der Waals surface area (Å²) in [6, 6.07) is 0. The van der Waals surface area contributed by atoms with Crippen LogP contribution in [0.15, 0.2) is 6.33 Å². The summed E-state index contributed by atoms with van der Waals surface area (Å²) in [6.45, 7) is 0. The normalized spacial score (nSPS) is 16.2. The van der Waals surface area contributed by atoms with E-state index in [1.54, 1.807) is 11.6 Å². The largest absolute Gasteiger partial charge is 0.350 e. The Morgan fingerprint density at radius 3 is 3.00 bits per heavy atom. The fraction of sp³-hybridized carbons (Fsp3) is 0.500. The van der Waals surface area contributed by atoms with Crippen molar-refractivity contribution in [3.05, 3.63) is 17.7 Å². The average molecular weight is 167 g/mol. The van der Waals surface area contributed by atoms with Gasteiger partial charge in [-0.3, -0.25) is 4.79 Å². The van der Waals surface area contributed by atoms with Crippen molar-refractivity contribution in [2.45, 2.75) is 19.3 Å². The molecule has 0 aliphatic heterocycles. The molecule has 64 valence electrons. The molecule has 0 saturated carbocycles. The van der Waals surface area contributed by atoms with Crippen molar-refractivity contribution < 1.29 is 14.7 Å². The van der Waals surface area contributed by atoms with Crippen LogP contribution in [-0.2, 0) is 13.5 Å². The fourth-order valence-electron chi connectivity index (χ4n) is 1.73. The smallest absolute Gasteiger partial charge is 0.284 e. The third-order valence-electron chi connectivity index (χ3n) is 2.27. The summed E-state index contributed by atoms with van der Waals surface area (Å²) < 4.78 is 2.73. The molecule has 0 aromatic carbocycles. The van der Waals surface area contributed by atoms with Crippen molar-refractivity contribution in [3.8, 4) is 0 Å². The van der Waals surface area contributed by atoms with Gasteiger partial charge in [-0.1, -0.05) is 4.73 Å². The van der Waals surface area contributed by atoms with Crippen LogP contribution in [0.5, 0.6) is 0 Å². The molecule has 0 fully saturated rings. The Balaban J connectivity index is 2.62. The van der Waals surface area contributed by atoms with Gasteiger partial charge in [0.2, 0.25) is 11.5 Å². The van der Waals surface area contributed by atoms with E-state index in [2.05, 4.69) is 0 Å². The van der Waals surface area contributed by atoms with Gasteiger partial charge in [-0.2, -0.15) is 0 Å². The van der Waals surface area contributed by atoms with Gasteiger partial charge < -0.3 is 5.21 Å². The minimum absolute atomic E-state index is 0.131. The second-order valence-corrected chi connectivity index (χ2v) is 3.14. The molecule has 0 saturated heterocycles.